The summed E-state index contributed by atoms with van der Waals surface area (Å²) < 4.78 is 5.56. The fourth-order valence-electron chi connectivity index (χ4n) is 2.95. The second-order valence-electron chi connectivity index (χ2n) is 6.81. The first-order valence-electron chi connectivity index (χ1n) is 10.1. The molecular formula is C25H26N2O3. The number of para-hydroxylation sites is 1. The molecular weight excluding hydrogens is 376 g/mol. The van der Waals surface area contributed by atoms with Crippen LogP contribution < -0.4 is 15.4 Å². The Labute approximate surface area is 177 Å². The van der Waals surface area contributed by atoms with Gasteiger partial charge in [0.15, 0.2) is 0 Å². The summed E-state index contributed by atoms with van der Waals surface area (Å²) in [4.78, 5) is 24.1. The molecule has 0 heterocycles. The van der Waals surface area contributed by atoms with Gasteiger partial charge >= 0.3 is 0 Å². The molecule has 0 unspecified atom stereocenters. The Hall–Kier alpha value is -3.60. The molecule has 5 heteroatoms. The summed E-state index contributed by atoms with van der Waals surface area (Å²) in [7, 11) is 0. The minimum Gasteiger partial charge on any atom is -0.494 e. The van der Waals surface area contributed by atoms with Gasteiger partial charge in [-0.25, -0.2) is 0 Å². The molecule has 0 fully saturated rings. The topological polar surface area (TPSA) is 67.4 Å². The lowest BCUT2D eigenvalue weighted by atomic mass is 10.0. The fraction of sp³-hybridized carbons (Fsp3) is 0.200. The van der Waals surface area contributed by atoms with Gasteiger partial charge in [-0.3, -0.25) is 9.59 Å². The second kappa shape index (κ2) is 11.4. The zero-order chi connectivity index (χ0) is 21.0. The third kappa shape index (κ3) is 6.78. The number of carbonyl (C=O) groups is 2. The zero-order valence-corrected chi connectivity index (χ0v) is 16.8. The van der Waals surface area contributed by atoms with E-state index in [9.17, 15) is 9.59 Å². The Morgan fingerprint density at radius 3 is 2.00 bits per heavy atom. The molecule has 0 spiro atoms. The quantitative estimate of drug-likeness (QED) is 0.503. The van der Waals surface area contributed by atoms with Gasteiger partial charge in [0.05, 0.1) is 6.61 Å². The first-order chi connectivity index (χ1) is 14.7. The van der Waals surface area contributed by atoms with Crippen molar-refractivity contribution in [3.05, 3.63) is 90.5 Å². The van der Waals surface area contributed by atoms with Crippen molar-refractivity contribution in [3.63, 3.8) is 0 Å². The lowest BCUT2D eigenvalue weighted by molar-refractivity contribution is -0.121. The molecule has 0 atom stereocenters. The molecule has 3 rings (SSSR count). The molecule has 0 aliphatic heterocycles. The Morgan fingerprint density at radius 2 is 1.30 bits per heavy atom. The average molecular weight is 402 g/mol. The molecule has 0 aliphatic rings. The van der Waals surface area contributed by atoms with Crippen LogP contribution in [0.4, 0.5) is 0 Å². The van der Waals surface area contributed by atoms with Crippen LogP contribution in [0.3, 0.4) is 0 Å². The molecule has 2 N–H and O–H groups in total. The van der Waals surface area contributed by atoms with E-state index in [-0.39, 0.29) is 11.8 Å². The number of hydrogen-bond acceptors (Lipinski definition) is 3. The highest BCUT2D eigenvalue weighted by Crippen LogP contribution is 2.19. The number of amides is 2. The minimum atomic E-state index is -0.153. The molecule has 2 amide bonds. The monoisotopic (exact) mass is 402 g/mol. The number of hydrogen-bond donors (Lipinski definition) is 2. The lowest BCUT2D eigenvalue weighted by Crippen LogP contribution is -2.34. The summed E-state index contributed by atoms with van der Waals surface area (Å²) in [5.74, 6) is 0.602. The van der Waals surface area contributed by atoms with Gasteiger partial charge in [-0.15, -0.1) is 0 Å². The molecule has 3 aromatic carbocycles. The highest BCUT2D eigenvalue weighted by atomic mass is 16.5. The van der Waals surface area contributed by atoms with E-state index in [0.29, 0.717) is 38.1 Å². The maximum atomic E-state index is 12.2. The SMILES string of the molecule is O=C(CCCOc1ccccc1)NCCNC(=O)c1ccc(-c2ccccc2)cc1. The van der Waals surface area contributed by atoms with Gasteiger partial charge in [0.2, 0.25) is 5.91 Å². The van der Waals surface area contributed by atoms with Crippen LogP contribution in [0.5, 0.6) is 5.75 Å². The average Bonchev–Trinajstić information content (AvgIpc) is 2.81. The van der Waals surface area contributed by atoms with E-state index >= 15 is 0 Å². The van der Waals surface area contributed by atoms with Crippen LogP contribution in [0.15, 0.2) is 84.9 Å². The Balaban J connectivity index is 1.30. The summed E-state index contributed by atoms with van der Waals surface area (Å²) in [6, 6.07) is 27.0. The molecule has 30 heavy (non-hydrogen) atoms. The van der Waals surface area contributed by atoms with Crippen LogP contribution in [0.1, 0.15) is 23.2 Å². The van der Waals surface area contributed by atoms with Crippen LogP contribution in [0.2, 0.25) is 0 Å². The van der Waals surface area contributed by atoms with E-state index in [4.69, 9.17) is 4.74 Å². The molecule has 0 aromatic heterocycles. The van der Waals surface area contributed by atoms with Crippen molar-refractivity contribution >= 4 is 11.8 Å². The smallest absolute Gasteiger partial charge is 0.251 e. The van der Waals surface area contributed by atoms with Crippen molar-refractivity contribution in [2.24, 2.45) is 0 Å². The maximum Gasteiger partial charge on any atom is 0.251 e. The van der Waals surface area contributed by atoms with Gasteiger partial charge in [-0.05, 0) is 41.8 Å². The highest BCUT2D eigenvalue weighted by molar-refractivity contribution is 5.94. The first-order valence-corrected chi connectivity index (χ1v) is 10.1. The number of nitrogens with one attached hydrogen (secondary N) is 2. The van der Waals surface area contributed by atoms with E-state index in [0.717, 1.165) is 16.9 Å². The molecule has 0 saturated carbocycles. The Bertz CT molecular complexity index is 926. The van der Waals surface area contributed by atoms with Gasteiger partial charge < -0.3 is 15.4 Å². The molecule has 3 aromatic rings. The summed E-state index contributed by atoms with van der Waals surface area (Å²) in [6.07, 6.45) is 1.03. The van der Waals surface area contributed by atoms with Crippen LogP contribution in [-0.4, -0.2) is 31.5 Å². The Kier molecular flexibility index (Phi) is 8.03. The van der Waals surface area contributed by atoms with E-state index in [1.807, 2.05) is 84.9 Å². The van der Waals surface area contributed by atoms with Crippen molar-refractivity contribution < 1.29 is 14.3 Å². The molecule has 0 aliphatic carbocycles. The van der Waals surface area contributed by atoms with Gasteiger partial charge in [0.1, 0.15) is 5.75 Å². The normalized spacial score (nSPS) is 10.3. The summed E-state index contributed by atoms with van der Waals surface area (Å²) in [6.45, 7) is 1.27. The standard InChI is InChI=1S/C25H26N2O3/c28-24(12-7-19-30-23-10-5-2-6-11-23)26-17-18-27-25(29)22-15-13-21(14-16-22)20-8-3-1-4-9-20/h1-6,8-11,13-16H,7,12,17-19H2,(H,26,28)(H,27,29). The number of rotatable bonds is 10. The number of carbonyl (C=O) groups excluding carboxylic acids is 2. The van der Waals surface area contributed by atoms with Crippen LogP contribution in [-0.2, 0) is 4.79 Å². The van der Waals surface area contributed by atoms with Crippen molar-refractivity contribution in [2.75, 3.05) is 19.7 Å². The summed E-state index contributed by atoms with van der Waals surface area (Å²) in [5.41, 5.74) is 2.77. The van der Waals surface area contributed by atoms with Crippen molar-refractivity contribution in [2.45, 2.75) is 12.8 Å². The van der Waals surface area contributed by atoms with E-state index < -0.39 is 0 Å². The highest BCUT2D eigenvalue weighted by Gasteiger charge is 2.06. The van der Waals surface area contributed by atoms with Crippen LogP contribution in [0.25, 0.3) is 11.1 Å². The van der Waals surface area contributed by atoms with E-state index in [1.165, 1.54) is 0 Å². The van der Waals surface area contributed by atoms with E-state index in [2.05, 4.69) is 10.6 Å². The van der Waals surface area contributed by atoms with Crippen LogP contribution in [0, 0.1) is 0 Å². The predicted octanol–water partition coefficient (Wildman–Crippen LogP) is 4.06. The largest absolute Gasteiger partial charge is 0.494 e. The molecule has 0 saturated heterocycles. The van der Waals surface area contributed by atoms with Gasteiger partial charge in [-0.1, -0.05) is 60.7 Å². The van der Waals surface area contributed by atoms with Gasteiger partial charge in [-0.2, -0.15) is 0 Å². The third-order valence-electron chi connectivity index (χ3n) is 4.55. The fourth-order valence-corrected chi connectivity index (χ4v) is 2.95. The van der Waals surface area contributed by atoms with Gasteiger partial charge in [0.25, 0.3) is 5.91 Å². The number of benzene rings is 3. The molecule has 5 nitrogen and oxygen atoms in total. The molecule has 0 bridgehead atoms. The summed E-state index contributed by atoms with van der Waals surface area (Å²) in [5, 5.41) is 5.63. The number of ether oxygens (including phenoxy) is 1. The lowest BCUT2D eigenvalue weighted by Gasteiger charge is -2.09. The minimum absolute atomic E-state index is 0.0480. The third-order valence-corrected chi connectivity index (χ3v) is 4.55. The van der Waals surface area contributed by atoms with E-state index in [1.54, 1.807) is 0 Å². The van der Waals surface area contributed by atoms with Crippen molar-refractivity contribution in [1.82, 2.24) is 10.6 Å². The first kappa shape index (κ1) is 21.1. The Morgan fingerprint density at radius 1 is 0.700 bits per heavy atom. The zero-order valence-electron chi connectivity index (χ0n) is 16.8. The molecule has 154 valence electrons. The van der Waals surface area contributed by atoms with Gasteiger partial charge in [0, 0.05) is 25.1 Å². The van der Waals surface area contributed by atoms with Crippen molar-refractivity contribution in [1.29, 1.82) is 0 Å². The maximum absolute atomic E-state index is 12.2. The second-order valence-corrected chi connectivity index (χ2v) is 6.81. The van der Waals surface area contributed by atoms with Crippen LogP contribution >= 0.6 is 0 Å². The predicted molar refractivity (Wildman–Crippen MR) is 118 cm³/mol. The molecule has 0 radical (unpaired) electrons. The summed E-state index contributed by atoms with van der Waals surface area (Å²) >= 11 is 0. The van der Waals surface area contributed by atoms with Crippen molar-refractivity contribution in [3.8, 4) is 16.9 Å².